The van der Waals surface area contributed by atoms with Crippen molar-refractivity contribution in [2.24, 2.45) is 0 Å². The van der Waals surface area contributed by atoms with E-state index in [0.717, 1.165) is 5.69 Å². The van der Waals surface area contributed by atoms with E-state index in [0.29, 0.717) is 62.3 Å². The number of hydrogen-bond acceptors (Lipinski definition) is 6. The van der Waals surface area contributed by atoms with Gasteiger partial charge >= 0.3 is 0 Å². The molecule has 0 fully saturated rings. The molecule has 2 aromatic heterocycles. The maximum Gasteiger partial charge on any atom is 0.261 e. The number of aromatic nitrogens is 4. The highest BCUT2D eigenvalue weighted by Gasteiger charge is 2.24. The molecule has 0 saturated heterocycles. The summed E-state index contributed by atoms with van der Waals surface area (Å²) >= 11 is 0. The molecule has 218 valence electrons. The summed E-state index contributed by atoms with van der Waals surface area (Å²) in [7, 11) is -3.72. The fourth-order valence-corrected chi connectivity index (χ4v) is 6.19. The zero-order chi connectivity index (χ0) is 30.0. The van der Waals surface area contributed by atoms with Crippen molar-refractivity contribution in [2.75, 3.05) is 19.6 Å². The van der Waals surface area contributed by atoms with Gasteiger partial charge in [0.2, 0.25) is 10.0 Å². The number of hydrogen-bond donors (Lipinski definition) is 1. The first-order valence-corrected chi connectivity index (χ1v) is 15.4. The zero-order valence-corrected chi connectivity index (χ0v) is 24.7. The molecular formula is C31H35N7O3S. The number of sulfonamides is 1. The molecule has 0 aliphatic carbocycles. The minimum absolute atomic E-state index is 0.0765. The standard InChI is InChI=1S/C31H35N7O3S/c1-3-16-37(17-4-2)42(40,41)29-13-8-10-25(21-29)30-27(23-38(35-30)28-11-6-5-7-12-28)20-26(22-32)31(39)34-14-9-18-36-19-15-33-24-36/h5-8,10-13,15,19-21,23-24H,3-4,9,14,16-18H2,1-2H3,(H,34,39)/b26-20+. The van der Waals surface area contributed by atoms with E-state index in [1.54, 1.807) is 47.7 Å². The second-order valence-electron chi connectivity index (χ2n) is 9.72. The molecule has 0 spiro atoms. The van der Waals surface area contributed by atoms with E-state index < -0.39 is 15.9 Å². The predicted octanol–water partition coefficient (Wildman–Crippen LogP) is 4.66. The number of carbonyl (C=O) groups is 1. The minimum atomic E-state index is -3.72. The van der Waals surface area contributed by atoms with Crippen molar-refractivity contribution in [3.8, 4) is 23.0 Å². The lowest BCUT2D eigenvalue weighted by Gasteiger charge is -2.21. The van der Waals surface area contributed by atoms with Gasteiger partial charge < -0.3 is 9.88 Å². The van der Waals surface area contributed by atoms with Gasteiger partial charge in [-0.3, -0.25) is 4.79 Å². The Morgan fingerprint density at radius 1 is 1.10 bits per heavy atom. The number of para-hydroxylation sites is 1. The number of amides is 1. The van der Waals surface area contributed by atoms with Crippen molar-refractivity contribution in [2.45, 2.75) is 44.6 Å². The molecule has 0 aliphatic heterocycles. The summed E-state index contributed by atoms with van der Waals surface area (Å²) in [5, 5.41) is 17.4. The maximum absolute atomic E-state index is 13.5. The third kappa shape index (κ3) is 7.40. The van der Waals surface area contributed by atoms with Crippen LogP contribution in [0.1, 0.15) is 38.7 Å². The molecule has 0 bridgehead atoms. The fourth-order valence-electron chi connectivity index (χ4n) is 4.52. The van der Waals surface area contributed by atoms with Crippen LogP contribution in [0.25, 0.3) is 23.0 Å². The maximum atomic E-state index is 13.5. The lowest BCUT2D eigenvalue weighted by molar-refractivity contribution is -0.117. The van der Waals surface area contributed by atoms with Crippen LogP contribution < -0.4 is 5.32 Å². The SMILES string of the molecule is CCCN(CCC)S(=O)(=O)c1cccc(-c2nn(-c3ccccc3)cc2/C=C(\C#N)C(=O)NCCCn2ccnc2)c1. The second-order valence-corrected chi connectivity index (χ2v) is 11.7. The summed E-state index contributed by atoms with van der Waals surface area (Å²) in [5.74, 6) is -0.493. The van der Waals surface area contributed by atoms with Crippen molar-refractivity contribution in [3.05, 3.63) is 90.7 Å². The van der Waals surface area contributed by atoms with E-state index in [-0.39, 0.29) is 10.5 Å². The van der Waals surface area contributed by atoms with Gasteiger partial charge in [-0.25, -0.2) is 18.1 Å². The van der Waals surface area contributed by atoms with Gasteiger partial charge in [0.15, 0.2) is 0 Å². The van der Waals surface area contributed by atoms with Gasteiger partial charge in [-0.05, 0) is 49.6 Å². The van der Waals surface area contributed by atoms with Gasteiger partial charge in [-0.15, -0.1) is 0 Å². The molecule has 4 aromatic rings. The van der Waals surface area contributed by atoms with Crippen LogP contribution >= 0.6 is 0 Å². The van der Waals surface area contributed by atoms with Crippen molar-refractivity contribution in [1.82, 2.24) is 29.0 Å². The number of carbonyl (C=O) groups excluding carboxylic acids is 1. The first-order valence-electron chi connectivity index (χ1n) is 14.0. The smallest absolute Gasteiger partial charge is 0.261 e. The van der Waals surface area contributed by atoms with Gasteiger partial charge in [0.25, 0.3) is 5.91 Å². The van der Waals surface area contributed by atoms with E-state index in [1.165, 1.54) is 10.4 Å². The van der Waals surface area contributed by atoms with Crippen LogP contribution in [0.5, 0.6) is 0 Å². The molecule has 0 saturated carbocycles. The Morgan fingerprint density at radius 2 is 1.86 bits per heavy atom. The topological polar surface area (TPSA) is 126 Å². The molecular weight excluding hydrogens is 550 g/mol. The molecule has 0 radical (unpaired) electrons. The molecule has 11 heteroatoms. The van der Waals surface area contributed by atoms with E-state index in [9.17, 15) is 18.5 Å². The third-order valence-corrected chi connectivity index (χ3v) is 8.45. The highest BCUT2D eigenvalue weighted by atomic mass is 32.2. The van der Waals surface area contributed by atoms with Crippen LogP contribution in [0.2, 0.25) is 0 Å². The molecule has 42 heavy (non-hydrogen) atoms. The van der Waals surface area contributed by atoms with Gasteiger partial charge in [0.05, 0.1) is 16.9 Å². The monoisotopic (exact) mass is 585 g/mol. The average molecular weight is 586 g/mol. The van der Waals surface area contributed by atoms with Gasteiger partial charge in [-0.2, -0.15) is 14.7 Å². The van der Waals surface area contributed by atoms with Crippen molar-refractivity contribution < 1.29 is 13.2 Å². The van der Waals surface area contributed by atoms with Gasteiger partial charge in [0.1, 0.15) is 17.3 Å². The molecule has 0 aliphatic rings. The van der Waals surface area contributed by atoms with Crippen LogP contribution in [-0.4, -0.2) is 57.6 Å². The Kier molecular flexibility index (Phi) is 10.4. The largest absolute Gasteiger partial charge is 0.351 e. The second kappa shape index (κ2) is 14.4. The summed E-state index contributed by atoms with van der Waals surface area (Å²) in [6, 6.07) is 18.1. The quantitative estimate of drug-likeness (QED) is 0.130. The van der Waals surface area contributed by atoms with Crippen LogP contribution in [0.15, 0.2) is 90.0 Å². The highest BCUT2D eigenvalue weighted by Crippen LogP contribution is 2.29. The molecule has 4 rings (SSSR count). The Balaban J connectivity index is 1.68. The number of nitrogens with one attached hydrogen (secondary N) is 1. The Labute approximate surface area is 247 Å². The van der Waals surface area contributed by atoms with Crippen LogP contribution in [0.3, 0.4) is 0 Å². The summed E-state index contributed by atoms with van der Waals surface area (Å²) in [6.07, 6.45) is 10.6. The Hall–Kier alpha value is -4.53. The summed E-state index contributed by atoms with van der Waals surface area (Å²) < 4.78 is 32.1. The molecule has 1 N–H and O–H groups in total. The Bertz CT molecular complexity index is 1650. The summed E-state index contributed by atoms with van der Waals surface area (Å²) in [5.41, 5.74) is 2.23. The van der Waals surface area contributed by atoms with Gasteiger partial charge in [0, 0.05) is 55.9 Å². The molecule has 0 unspecified atom stereocenters. The van der Waals surface area contributed by atoms with Crippen molar-refractivity contribution in [3.63, 3.8) is 0 Å². The van der Waals surface area contributed by atoms with Crippen LogP contribution in [0, 0.1) is 11.3 Å². The van der Waals surface area contributed by atoms with E-state index in [2.05, 4.69) is 10.3 Å². The first-order chi connectivity index (χ1) is 20.4. The summed E-state index contributed by atoms with van der Waals surface area (Å²) in [6.45, 7) is 5.84. The zero-order valence-electron chi connectivity index (χ0n) is 23.8. The normalized spacial score (nSPS) is 11.9. The Morgan fingerprint density at radius 3 is 2.52 bits per heavy atom. The number of imidazole rings is 1. The number of benzene rings is 2. The van der Waals surface area contributed by atoms with E-state index in [1.807, 2.05) is 61.0 Å². The predicted molar refractivity (Wildman–Crippen MR) is 162 cm³/mol. The molecule has 1 amide bonds. The lowest BCUT2D eigenvalue weighted by Crippen LogP contribution is -2.32. The van der Waals surface area contributed by atoms with Gasteiger partial charge in [-0.1, -0.05) is 44.2 Å². The van der Waals surface area contributed by atoms with E-state index in [4.69, 9.17) is 5.10 Å². The highest BCUT2D eigenvalue weighted by molar-refractivity contribution is 7.89. The molecule has 2 aromatic carbocycles. The summed E-state index contributed by atoms with van der Waals surface area (Å²) in [4.78, 5) is 17.1. The number of nitriles is 1. The number of nitrogens with zero attached hydrogens (tertiary/aromatic N) is 6. The molecule has 2 heterocycles. The van der Waals surface area contributed by atoms with Crippen molar-refractivity contribution in [1.29, 1.82) is 5.26 Å². The number of aryl methyl sites for hydroxylation is 1. The van der Waals surface area contributed by atoms with Crippen molar-refractivity contribution >= 4 is 22.0 Å². The molecule has 10 nitrogen and oxygen atoms in total. The number of rotatable bonds is 14. The fraction of sp³-hybridized carbons (Fsp3) is 0.290. The average Bonchev–Trinajstić information content (AvgIpc) is 3.69. The first kappa shape index (κ1) is 30.4. The third-order valence-electron chi connectivity index (χ3n) is 6.56. The van der Waals surface area contributed by atoms with E-state index >= 15 is 0 Å². The van der Waals surface area contributed by atoms with Crippen LogP contribution in [-0.2, 0) is 21.4 Å². The molecule has 0 atom stereocenters. The minimum Gasteiger partial charge on any atom is -0.351 e. The lowest BCUT2D eigenvalue weighted by atomic mass is 10.1. The van der Waals surface area contributed by atoms with Crippen LogP contribution in [0.4, 0.5) is 0 Å².